The first-order valence-corrected chi connectivity index (χ1v) is 11.4. The zero-order valence-corrected chi connectivity index (χ0v) is 19.3. The van der Waals surface area contributed by atoms with Crippen LogP contribution in [0.5, 0.6) is 0 Å². The van der Waals surface area contributed by atoms with Gasteiger partial charge in [-0.25, -0.2) is 23.1 Å². The number of aryl methyl sites for hydroxylation is 3. The highest BCUT2D eigenvalue weighted by molar-refractivity contribution is 9.10. The Morgan fingerprint density at radius 3 is 2.38 bits per heavy atom. The average Bonchev–Trinajstić information content (AvgIpc) is 3.06. The fourth-order valence-electron chi connectivity index (χ4n) is 2.73. The Bertz CT molecular complexity index is 1260. The largest absolute Gasteiger partial charge is 0.404 e. The third-order valence-electron chi connectivity index (χ3n) is 4.10. The summed E-state index contributed by atoms with van der Waals surface area (Å²) in [6.45, 7) is 3.59. The molecule has 1 amide bonds. The van der Waals surface area contributed by atoms with Gasteiger partial charge in [0.05, 0.1) is 22.7 Å². The van der Waals surface area contributed by atoms with Gasteiger partial charge in [-0.05, 0) is 65.0 Å². The molecule has 0 unspecified atom stereocenters. The Morgan fingerprint density at radius 2 is 1.81 bits per heavy atom. The number of nitrogens with zero attached hydrogens (tertiary/aromatic N) is 5. The van der Waals surface area contributed by atoms with E-state index in [1.807, 2.05) is 0 Å². The average molecular weight is 524 g/mol. The highest BCUT2D eigenvalue weighted by Gasteiger charge is 2.19. The quantitative estimate of drug-likeness (QED) is 0.336. The molecule has 3 rings (SSSR count). The number of aromatic nitrogens is 4. The number of halogens is 1. The Balaban J connectivity index is 1.60. The molecule has 0 atom stereocenters. The van der Waals surface area contributed by atoms with Gasteiger partial charge in [-0.1, -0.05) is 0 Å². The summed E-state index contributed by atoms with van der Waals surface area (Å²) in [6.07, 6.45) is 1.43. The molecule has 2 N–H and O–H groups in total. The smallest absolute Gasteiger partial charge is 0.358 e. The molecule has 0 spiro atoms. The topological polar surface area (TPSA) is 162 Å². The summed E-state index contributed by atoms with van der Waals surface area (Å²) in [5, 5.41) is 17.2. The van der Waals surface area contributed by atoms with Gasteiger partial charge in [-0.3, -0.25) is 4.79 Å². The molecule has 2 aromatic heterocycles. The van der Waals surface area contributed by atoms with Gasteiger partial charge in [-0.2, -0.15) is 4.68 Å². The van der Waals surface area contributed by atoms with E-state index in [0.717, 1.165) is 0 Å². The second-order valence-electron chi connectivity index (χ2n) is 6.72. The van der Waals surface area contributed by atoms with Crippen LogP contribution in [0.3, 0.4) is 0 Å². The van der Waals surface area contributed by atoms with Crippen molar-refractivity contribution in [3.8, 4) is 0 Å². The molecule has 3 aromatic rings. The molecule has 0 radical (unpaired) electrons. The fourth-order valence-corrected chi connectivity index (χ4v) is 4.14. The normalized spacial score (nSPS) is 11.2. The third kappa shape index (κ3) is 5.85. The van der Waals surface area contributed by atoms with E-state index in [-0.39, 0.29) is 40.0 Å². The van der Waals surface area contributed by atoms with Gasteiger partial charge in [0, 0.05) is 23.5 Å². The molecule has 0 aliphatic rings. The van der Waals surface area contributed by atoms with Crippen LogP contribution in [-0.2, 0) is 21.4 Å². The second kappa shape index (κ2) is 9.40. The molecular formula is C18H18BrN7O5S. The Kier molecular flexibility index (Phi) is 6.84. The molecular weight excluding hydrogens is 506 g/mol. The number of carbonyl (C=O) groups excluding carboxylic acids is 1. The lowest BCUT2D eigenvalue weighted by atomic mass is 10.3. The predicted octanol–water partition coefficient (Wildman–Crippen LogP) is 2.79. The van der Waals surface area contributed by atoms with E-state index in [4.69, 9.17) is 0 Å². The van der Waals surface area contributed by atoms with E-state index >= 15 is 0 Å². The standard InChI is InChI=1S/C18H18BrN7O5S/c1-11-9-12(2)21-18(20-11)24-32(30,31)14-5-3-13(4-6-14)22-16(27)7-8-25-10-15(19)17(23-25)26(28)29/h3-6,9-10H,7-8H2,1-2H3,(H,22,27)(H,20,21,24). The third-order valence-corrected chi connectivity index (χ3v) is 6.00. The Hall–Kier alpha value is -3.39. The summed E-state index contributed by atoms with van der Waals surface area (Å²) < 4.78 is 29.0. The Labute approximate surface area is 191 Å². The van der Waals surface area contributed by atoms with Crippen LogP contribution in [0.4, 0.5) is 17.5 Å². The summed E-state index contributed by atoms with van der Waals surface area (Å²) in [7, 11) is -3.91. The number of rotatable bonds is 8. The van der Waals surface area contributed by atoms with Crippen LogP contribution >= 0.6 is 15.9 Å². The zero-order chi connectivity index (χ0) is 23.5. The minimum absolute atomic E-state index is 0.0108. The van der Waals surface area contributed by atoms with Gasteiger partial charge in [0.25, 0.3) is 10.0 Å². The van der Waals surface area contributed by atoms with Crippen molar-refractivity contribution in [1.82, 2.24) is 19.7 Å². The van der Waals surface area contributed by atoms with E-state index < -0.39 is 14.9 Å². The fraction of sp³-hybridized carbons (Fsp3) is 0.222. The molecule has 0 saturated heterocycles. The van der Waals surface area contributed by atoms with Crippen molar-refractivity contribution in [2.75, 3.05) is 10.0 Å². The highest BCUT2D eigenvalue weighted by Crippen LogP contribution is 2.22. The SMILES string of the molecule is Cc1cc(C)nc(NS(=O)(=O)c2ccc(NC(=O)CCn3cc(Br)c([N+](=O)[O-])n3)cc2)n1. The maximum atomic E-state index is 12.6. The van der Waals surface area contributed by atoms with E-state index in [2.05, 4.69) is 41.0 Å². The molecule has 2 heterocycles. The first-order valence-electron chi connectivity index (χ1n) is 9.16. The number of hydrogen-bond acceptors (Lipinski definition) is 8. The number of benzene rings is 1. The van der Waals surface area contributed by atoms with Gasteiger partial charge in [0.2, 0.25) is 11.9 Å². The molecule has 1 aromatic carbocycles. The number of carbonyl (C=O) groups is 1. The van der Waals surface area contributed by atoms with Gasteiger partial charge in [-0.15, -0.1) is 0 Å². The molecule has 168 valence electrons. The number of amides is 1. The van der Waals surface area contributed by atoms with Gasteiger partial charge in [0.15, 0.2) is 0 Å². The van der Waals surface area contributed by atoms with Gasteiger partial charge < -0.3 is 15.4 Å². The van der Waals surface area contributed by atoms with Crippen molar-refractivity contribution in [2.24, 2.45) is 0 Å². The van der Waals surface area contributed by atoms with Crippen LogP contribution in [0.25, 0.3) is 0 Å². The van der Waals surface area contributed by atoms with Crippen molar-refractivity contribution >= 4 is 49.3 Å². The van der Waals surface area contributed by atoms with E-state index in [1.54, 1.807) is 19.9 Å². The lowest BCUT2D eigenvalue weighted by Gasteiger charge is -2.09. The monoisotopic (exact) mass is 523 g/mol. The van der Waals surface area contributed by atoms with E-state index in [9.17, 15) is 23.3 Å². The number of sulfonamides is 1. The van der Waals surface area contributed by atoms with Crippen LogP contribution in [0.2, 0.25) is 0 Å². The summed E-state index contributed by atoms with van der Waals surface area (Å²) in [5.41, 5.74) is 1.65. The van der Waals surface area contributed by atoms with Crippen LogP contribution in [0, 0.1) is 24.0 Å². The highest BCUT2D eigenvalue weighted by atomic mass is 79.9. The maximum Gasteiger partial charge on any atom is 0.404 e. The van der Waals surface area contributed by atoms with E-state index in [0.29, 0.717) is 17.1 Å². The van der Waals surface area contributed by atoms with Crippen molar-refractivity contribution < 1.29 is 18.1 Å². The van der Waals surface area contributed by atoms with Crippen LogP contribution in [-0.4, -0.2) is 39.0 Å². The summed E-state index contributed by atoms with van der Waals surface area (Å²) in [5.74, 6) is -0.718. The minimum Gasteiger partial charge on any atom is -0.358 e. The predicted molar refractivity (Wildman–Crippen MR) is 119 cm³/mol. The molecule has 0 bridgehead atoms. The van der Waals surface area contributed by atoms with Gasteiger partial charge in [0.1, 0.15) is 4.47 Å². The molecule has 0 aliphatic carbocycles. The molecule has 14 heteroatoms. The molecule has 0 fully saturated rings. The lowest BCUT2D eigenvalue weighted by molar-refractivity contribution is -0.390. The molecule has 12 nitrogen and oxygen atoms in total. The number of anilines is 2. The van der Waals surface area contributed by atoms with E-state index in [1.165, 1.54) is 35.1 Å². The van der Waals surface area contributed by atoms with Crippen molar-refractivity contribution in [3.05, 3.63) is 62.5 Å². The number of hydrogen-bond donors (Lipinski definition) is 2. The second-order valence-corrected chi connectivity index (χ2v) is 9.26. The molecule has 32 heavy (non-hydrogen) atoms. The summed E-state index contributed by atoms with van der Waals surface area (Å²) >= 11 is 3.04. The first kappa shape index (κ1) is 23.3. The lowest BCUT2D eigenvalue weighted by Crippen LogP contribution is -2.16. The number of nitrogens with one attached hydrogen (secondary N) is 2. The van der Waals surface area contributed by atoms with Gasteiger partial charge >= 0.3 is 5.82 Å². The maximum absolute atomic E-state index is 12.6. The first-order chi connectivity index (χ1) is 15.0. The Morgan fingerprint density at radius 1 is 1.19 bits per heavy atom. The minimum atomic E-state index is -3.91. The van der Waals surface area contributed by atoms with Crippen LogP contribution in [0.1, 0.15) is 17.8 Å². The summed E-state index contributed by atoms with van der Waals surface area (Å²) in [4.78, 5) is 30.4. The van der Waals surface area contributed by atoms with Crippen molar-refractivity contribution in [3.63, 3.8) is 0 Å². The van der Waals surface area contributed by atoms with Crippen molar-refractivity contribution in [2.45, 2.75) is 31.7 Å². The van der Waals surface area contributed by atoms with Crippen LogP contribution < -0.4 is 10.0 Å². The number of nitro groups is 1. The van der Waals surface area contributed by atoms with Crippen molar-refractivity contribution in [1.29, 1.82) is 0 Å². The summed E-state index contributed by atoms with van der Waals surface area (Å²) in [6, 6.07) is 7.30. The zero-order valence-electron chi connectivity index (χ0n) is 16.9. The molecule has 0 saturated carbocycles. The van der Waals surface area contributed by atoms with Crippen LogP contribution in [0.15, 0.2) is 45.9 Å². The molecule has 0 aliphatic heterocycles.